The lowest BCUT2D eigenvalue weighted by molar-refractivity contribution is -0.131. The molecule has 2 aliphatic rings. The Morgan fingerprint density at radius 3 is 2.62 bits per heavy atom. The first-order valence-corrected chi connectivity index (χ1v) is 10.9. The van der Waals surface area contributed by atoms with Gasteiger partial charge in [0.25, 0.3) is 0 Å². The zero-order valence-electron chi connectivity index (χ0n) is 15.2. The quantitative estimate of drug-likeness (QED) is 0.777. The molecular formula is C18H25N3O3S2. The second-order valence-electron chi connectivity index (χ2n) is 6.42. The Kier molecular flexibility index (Phi) is 6.37. The number of ether oxygens (including phenoxy) is 1. The van der Waals surface area contributed by atoms with Crippen molar-refractivity contribution in [2.75, 3.05) is 50.7 Å². The summed E-state index contributed by atoms with van der Waals surface area (Å²) < 4.78 is 5.15. The number of benzene rings is 1. The molecule has 0 aliphatic carbocycles. The molecule has 2 fully saturated rings. The van der Waals surface area contributed by atoms with Crippen LogP contribution in [0.5, 0.6) is 0 Å². The lowest BCUT2D eigenvalue weighted by Crippen LogP contribution is -2.54. The number of carbonyl (C=O) groups is 2. The molecule has 0 unspecified atom stereocenters. The van der Waals surface area contributed by atoms with Crippen molar-refractivity contribution in [2.24, 2.45) is 0 Å². The van der Waals surface area contributed by atoms with E-state index in [1.54, 1.807) is 30.6 Å². The van der Waals surface area contributed by atoms with Crippen LogP contribution in [-0.2, 0) is 9.53 Å². The van der Waals surface area contributed by atoms with Gasteiger partial charge in [-0.2, -0.15) is 0 Å². The predicted molar refractivity (Wildman–Crippen MR) is 107 cm³/mol. The minimum Gasteiger partial charge on any atom is -0.383 e. The van der Waals surface area contributed by atoms with Crippen LogP contribution >= 0.6 is 23.5 Å². The van der Waals surface area contributed by atoms with Gasteiger partial charge in [0.05, 0.1) is 17.2 Å². The fraction of sp³-hybridized carbons (Fsp3) is 0.556. The van der Waals surface area contributed by atoms with Crippen LogP contribution in [0.25, 0.3) is 0 Å². The Hall–Kier alpha value is -1.38. The van der Waals surface area contributed by atoms with Gasteiger partial charge in [-0.15, -0.1) is 23.5 Å². The van der Waals surface area contributed by atoms with Crippen molar-refractivity contribution in [1.29, 1.82) is 0 Å². The summed E-state index contributed by atoms with van der Waals surface area (Å²) in [5.74, 6) is 0.705. The molecular weight excluding hydrogens is 370 g/mol. The molecule has 1 aromatic carbocycles. The van der Waals surface area contributed by atoms with Crippen molar-refractivity contribution in [3.63, 3.8) is 0 Å². The molecule has 1 spiro atoms. The highest BCUT2D eigenvalue weighted by Crippen LogP contribution is 2.44. The number of carbonyl (C=O) groups excluding carboxylic acids is 2. The summed E-state index contributed by atoms with van der Waals surface area (Å²) >= 11 is 3.39. The van der Waals surface area contributed by atoms with Crippen LogP contribution in [0.2, 0.25) is 0 Å². The number of urea groups is 1. The molecule has 3 rings (SSSR count). The number of nitrogens with zero attached hydrogens (tertiary/aromatic N) is 2. The van der Waals surface area contributed by atoms with Crippen molar-refractivity contribution in [1.82, 2.24) is 9.80 Å². The molecule has 0 radical (unpaired) electrons. The number of anilines is 1. The summed E-state index contributed by atoms with van der Waals surface area (Å²) in [6.07, 6.45) is 3.62. The third-order valence-electron chi connectivity index (χ3n) is 4.95. The van der Waals surface area contributed by atoms with Crippen LogP contribution in [-0.4, -0.2) is 72.0 Å². The molecule has 1 N–H and O–H groups in total. The second-order valence-corrected chi connectivity index (χ2v) is 8.64. The lowest BCUT2D eigenvalue weighted by Gasteiger charge is -2.43. The molecule has 0 saturated carbocycles. The normalized spacial score (nSPS) is 19.2. The summed E-state index contributed by atoms with van der Waals surface area (Å²) in [4.78, 5) is 29.6. The van der Waals surface area contributed by atoms with Gasteiger partial charge in [-0.1, -0.05) is 0 Å². The van der Waals surface area contributed by atoms with E-state index < -0.39 is 0 Å². The summed E-state index contributed by atoms with van der Waals surface area (Å²) in [7, 11) is 1.65. The van der Waals surface area contributed by atoms with Crippen LogP contribution in [0.15, 0.2) is 29.2 Å². The van der Waals surface area contributed by atoms with E-state index >= 15 is 0 Å². The topological polar surface area (TPSA) is 61.9 Å². The summed E-state index contributed by atoms with van der Waals surface area (Å²) in [5, 5.41) is 2.97. The number of rotatable bonds is 5. The Bertz CT molecular complexity index is 646. The number of hydrogen-bond donors (Lipinski definition) is 1. The maximum atomic E-state index is 12.5. The van der Waals surface area contributed by atoms with E-state index in [1.165, 1.54) is 4.90 Å². The average Bonchev–Trinajstić information content (AvgIpc) is 2.96. The van der Waals surface area contributed by atoms with Gasteiger partial charge in [0, 0.05) is 37.3 Å². The number of methoxy groups -OCH3 is 1. The average molecular weight is 396 g/mol. The first-order chi connectivity index (χ1) is 12.6. The molecule has 0 aromatic heterocycles. The third kappa shape index (κ3) is 4.13. The number of amides is 3. The fourth-order valence-corrected chi connectivity index (χ4v) is 5.22. The number of likely N-dealkylation sites (tertiary alicyclic amines) is 1. The molecule has 3 amide bonds. The minimum absolute atomic E-state index is 0.0745. The summed E-state index contributed by atoms with van der Waals surface area (Å²) in [5.41, 5.74) is 0.806. The summed E-state index contributed by atoms with van der Waals surface area (Å²) in [6, 6.07) is 7.77. The largest absolute Gasteiger partial charge is 0.383 e. The highest BCUT2D eigenvalue weighted by atomic mass is 32.2. The Balaban J connectivity index is 1.57. The van der Waals surface area contributed by atoms with Gasteiger partial charge in [0.2, 0.25) is 5.91 Å². The van der Waals surface area contributed by atoms with Gasteiger partial charge in [0.1, 0.15) is 0 Å². The van der Waals surface area contributed by atoms with E-state index in [1.807, 2.05) is 40.3 Å². The van der Waals surface area contributed by atoms with Gasteiger partial charge in [0.15, 0.2) is 0 Å². The number of nitrogens with one attached hydrogen (secondary N) is 1. The maximum Gasteiger partial charge on any atom is 0.321 e. The van der Waals surface area contributed by atoms with Gasteiger partial charge < -0.3 is 19.9 Å². The zero-order chi connectivity index (χ0) is 18.6. The Morgan fingerprint density at radius 2 is 2.00 bits per heavy atom. The number of piperidine rings is 1. The van der Waals surface area contributed by atoms with Crippen LogP contribution < -0.4 is 5.32 Å². The van der Waals surface area contributed by atoms with Crippen LogP contribution in [0, 0.1) is 0 Å². The van der Waals surface area contributed by atoms with Crippen LogP contribution in [0.1, 0.15) is 12.8 Å². The second kappa shape index (κ2) is 8.54. The van der Waals surface area contributed by atoms with E-state index in [9.17, 15) is 9.59 Å². The van der Waals surface area contributed by atoms with Crippen LogP contribution in [0.4, 0.5) is 10.5 Å². The van der Waals surface area contributed by atoms with Crippen molar-refractivity contribution < 1.29 is 14.3 Å². The third-order valence-corrected chi connectivity index (χ3v) is 7.25. The molecule has 26 heavy (non-hydrogen) atoms. The van der Waals surface area contributed by atoms with Gasteiger partial charge in [-0.05, 0) is 43.4 Å². The van der Waals surface area contributed by atoms with Crippen molar-refractivity contribution in [3.8, 4) is 0 Å². The smallest absolute Gasteiger partial charge is 0.321 e. The van der Waals surface area contributed by atoms with E-state index in [-0.39, 0.29) is 16.8 Å². The van der Waals surface area contributed by atoms with Gasteiger partial charge >= 0.3 is 6.03 Å². The molecule has 2 saturated heterocycles. The molecule has 2 heterocycles. The molecule has 1 aromatic rings. The highest BCUT2D eigenvalue weighted by molar-refractivity contribution is 8.01. The molecule has 0 bridgehead atoms. The predicted octanol–water partition coefficient (Wildman–Crippen LogP) is 2.95. The highest BCUT2D eigenvalue weighted by Gasteiger charge is 2.48. The monoisotopic (exact) mass is 395 g/mol. The van der Waals surface area contributed by atoms with Crippen molar-refractivity contribution >= 4 is 41.1 Å². The molecule has 0 atom stereocenters. The molecule has 142 valence electrons. The molecule has 2 aliphatic heterocycles. The Morgan fingerprint density at radius 1 is 1.31 bits per heavy atom. The fourth-order valence-electron chi connectivity index (χ4n) is 3.44. The maximum absolute atomic E-state index is 12.5. The van der Waals surface area contributed by atoms with Crippen LogP contribution in [0.3, 0.4) is 0 Å². The first-order valence-electron chi connectivity index (χ1n) is 8.71. The zero-order valence-corrected chi connectivity index (χ0v) is 16.8. The van der Waals surface area contributed by atoms with E-state index in [0.29, 0.717) is 32.0 Å². The number of thioether (sulfide) groups is 2. The van der Waals surface area contributed by atoms with E-state index in [4.69, 9.17) is 4.74 Å². The van der Waals surface area contributed by atoms with Crippen molar-refractivity contribution in [2.45, 2.75) is 22.6 Å². The van der Waals surface area contributed by atoms with E-state index in [0.717, 1.165) is 18.5 Å². The summed E-state index contributed by atoms with van der Waals surface area (Å²) in [6.45, 7) is 2.47. The lowest BCUT2D eigenvalue weighted by atomic mass is 10.0. The molecule has 8 heteroatoms. The Labute approximate surface area is 163 Å². The number of hydrogen-bond acceptors (Lipinski definition) is 5. The van der Waals surface area contributed by atoms with Gasteiger partial charge in [-0.25, -0.2) is 4.79 Å². The van der Waals surface area contributed by atoms with Crippen molar-refractivity contribution in [3.05, 3.63) is 24.3 Å². The standard InChI is InChI=1S/C18H25N3O3S2/c1-24-12-11-21-16(22)13-26-18(21)7-9-20(10-8-18)17(23)19-14-3-5-15(25-2)6-4-14/h3-6H,7-13H2,1-2H3,(H,19,23). The molecule has 6 nitrogen and oxygen atoms in total. The van der Waals surface area contributed by atoms with Gasteiger partial charge in [-0.3, -0.25) is 4.79 Å². The van der Waals surface area contributed by atoms with E-state index in [2.05, 4.69) is 5.32 Å². The SMILES string of the molecule is COCCN1C(=O)CSC12CCN(C(=O)Nc1ccc(SC)cc1)CC2. The first kappa shape index (κ1) is 19.4. The minimum atomic E-state index is -0.174.